The van der Waals surface area contributed by atoms with Crippen LogP contribution in [-0.2, 0) is 9.59 Å². The third kappa shape index (κ3) is 2.61. The normalized spacial score (nSPS) is 24.5. The van der Waals surface area contributed by atoms with E-state index in [1.54, 1.807) is 0 Å². The number of carboxylic acid groups (broad SMARTS) is 1. The molecular formula is C15H18N2O3. The van der Waals surface area contributed by atoms with Crippen molar-refractivity contribution in [2.24, 2.45) is 11.8 Å². The number of hydrogen-bond donors (Lipinski definition) is 2. The first kappa shape index (κ1) is 13.0. The number of carbonyl (C=O) groups is 2. The van der Waals surface area contributed by atoms with Crippen molar-refractivity contribution in [2.75, 3.05) is 23.3 Å². The summed E-state index contributed by atoms with van der Waals surface area (Å²) in [5.41, 5.74) is 1.86. The fourth-order valence-electron chi connectivity index (χ4n) is 2.75. The Hall–Kier alpha value is -2.04. The molecular weight excluding hydrogens is 256 g/mol. The number of nitrogens with one attached hydrogen (secondary N) is 1. The lowest BCUT2D eigenvalue weighted by Gasteiger charge is -2.18. The highest BCUT2D eigenvalue weighted by Crippen LogP contribution is 2.39. The van der Waals surface area contributed by atoms with Gasteiger partial charge in [-0.05, 0) is 37.5 Å². The van der Waals surface area contributed by atoms with Crippen LogP contribution in [0.2, 0.25) is 0 Å². The zero-order valence-electron chi connectivity index (χ0n) is 11.2. The smallest absolute Gasteiger partial charge is 0.307 e. The van der Waals surface area contributed by atoms with Crippen molar-refractivity contribution >= 4 is 23.3 Å². The Labute approximate surface area is 117 Å². The third-order valence-corrected chi connectivity index (χ3v) is 4.03. The predicted octanol–water partition coefficient (Wildman–Crippen LogP) is 1.95. The summed E-state index contributed by atoms with van der Waals surface area (Å²) in [6.45, 7) is 2.11. The van der Waals surface area contributed by atoms with E-state index in [1.807, 2.05) is 24.3 Å². The lowest BCUT2D eigenvalue weighted by atomic mass is 10.2. The van der Waals surface area contributed by atoms with Gasteiger partial charge in [-0.15, -0.1) is 0 Å². The maximum absolute atomic E-state index is 11.9. The molecule has 2 aliphatic rings. The molecule has 2 N–H and O–H groups in total. The van der Waals surface area contributed by atoms with E-state index < -0.39 is 11.9 Å². The molecule has 5 nitrogen and oxygen atoms in total. The molecule has 20 heavy (non-hydrogen) atoms. The molecule has 106 valence electrons. The minimum atomic E-state index is -0.879. The lowest BCUT2D eigenvalue weighted by Crippen LogP contribution is -2.19. The van der Waals surface area contributed by atoms with Crippen molar-refractivity contribution in [3.05, 3.63) is 24.3 Å². The van der Waals surface area contributed by atoms with Crippen LogP contribution in [0, 0.1) is 11.8 Å². The zero-order valence-corrected chi connectivity index (χ0v) is 11.2. The Bertz CT molecular complexity index is 538. The number of nitrogens with zero attached hydrogens (tertiary/aromatic N) is 1. The molecule has 1 heterocycles. The van der Waals surface area contributed by atoms with E-state index in [0.717, 1.165) is 24.5 Å². The van der Waals surface area contributed by atoms with E-state index in [0.29, 0.717) is 6.42 Å². The summed E-state index contributed by atoms with van der Waals surface area (Å²) in [5.74, 6) is -1.94. The highest BCUT2D eigenvalue weighted by atomic mass is 16.4. The second-order valence-electron chi connectivity index (χ2n) is 5.52. The Morgan fingerprint density at radius 1 is 1.20 bits per heavy atom. The van der Waals surface area contributed by atoms with Gasteiger partial charge in [0.2, 0.25) is 5.91 Å². The molecule has 2 atom stereocenters. The van der Waals surface area contributed by atoms with Crippen LogP contribution in [-0.4, -0.2) is 30.1 Å². The van der Waals surface area contributed by atoms with Gasteiger partial charge in [-0.3, -0.25) is 9.59 Å². The van der Waals surface area contributed by atoms with Gasteiger partial charge in [-0.1, -0.05) is 6.07 Å². The molecule has 1 saturated carbocycles. The number of aliphatic carboxylic acids is 1. The number of rotatable bonds is 4. The highest BCUT2D eigenvalue weighted by molar-refractivity contribution is 5.98. The molecule has 0 bridgehead atoms. The summed E-state index contributed by atoms with van der Waals surface area (Å²) in [4.78, 5) is 25.0. The first-order valence-corrected chi connectivity index (χ1v) is 7.04. The number of benzene rings is 1. The number of amides is 1. The molecule has 2 fully saturated rings. The average molecular weight is 274 g/mol. The van der Waals surface area contributed by atoms with Crippen molar-refractivity contribution in [3.63, 3.8) is 0 Å². The second-order valence-corrected chi connectivity index (χ2v) is 5.52. The van der Waals surface area contributed by atoms with E-state index in [-0.39, 0.29) is 11.8 Å². The lowest BCUT2D eigenvalue weighted by molar-refractivity contribution is -0.139. The first-order valence-electron chi connectivity index (χ1n) is 7.04. The number of carbonyl (C=O) groups excluding carboxylic acids is 1. The van der Waals surface area contributed by atoms with Gasteiger partial charge in [0.15, 0.2) is 0 Å². The molecule has 2 unspecified atom stereocenters. The average Bonchev–Trinajstić information content (AvgIpc) is 3.06. The summed E-state index contributed by atoms with van der Waals surface area (Å²) in [7, 11) is 0. The molecule has 3 rings (SSSR count). The Balaban J connectivity index is 1.64. The van der Waals surface area contributed by atoms with Gasteiger partial charge in [0, 0.05) is 24.5 Å². The monoisotopic (exact) mass is 274 g/mol. The van der Waals surface area contributed by atoms with Crippen LogP contribution in [0.1, 0.15) is 19.3 Å². The van der Waals surface area contributed by atoms with Gasteiger partial charge in [0.05, 0.1) is 11.8 Å². The van der Waals surface area contributed by atoms with Gasteiger partial charge < -0.3 is 15.3 Å². The Morgan fingerprint density at radius 2 is 1.95 bits per heavy atom. The van der Waals surface area contributed by atoms with Crippen molar-refractivity contribution in [1.29, 1.82) is 0 Å². The quantitative estimate of drug-likeness (QED) is 0.880. The van der Waals surface area contributed by atoms with Crippen molar-refractivity contribution in [2.45, 2.75) is 19.3 Å². The predicted molar refractivity (Wildman–Crippen MR) is 75.8 cm³/mol. The highest BCUT2D eigenvalue weighted by Gasteiger charge is 2.48. The number of carboxylic acids is 1. The topological polar surface area (TPSA) is 69.6 Å². The van der Waals surface area contributed by atoms with Crippen molar-refractivity contribution in [3.8, 4) is 0 Å². The molecule has 1 amide bonds. The van der Waals surface area contributed by atoms with E-state index in [2.05, 4.69) is 10.2 Å². The van der Waals surface area contributed by atoms with E-state index in [9.17, 15) is 9.59 Å². The molecule has 1 aromatic carbocycles. The number of hydrogen-bond acceptors (Lipinski definition) is 3. The fraction of sp³-hybridized carbons (Fsp3) is 0.467. The van der Waals surface area contributed by atoms with Crippen molar-refractivity contribution < 1.29 is 14.7 Å². The summed E-state index contributed by atoms with van der Waals surface area (Å²) in [5, 5.41) is 11.7. The van der Waals surface area contributed by atoms with Crippen LogP contribution in [0.5, 0.6) is 0 Å². The van der Waals surface area contributed by atoms with Crippen LogP contribution >= 0.6 is 0 Å². The van der Waals surface area contributed by atoms with Gasteiger partial charge in [0.25, 0.3) is 0 Å². The van der Waals surface area contributed by atoms with Gasteiger partial charge in [0.1, 0.15) is 0 Å². The van der Waals surface area contributed by atoms with Crippen molar-refractivity contribution in [1.82, 2.24) is 0 Å². The van der Waals surface area contributed by atoms with Crippen LogP contribution in [0.4, 0.5) is 11.4 Å². The van der Waals surface area contributed by atoms with E-state index in [4.69, 9.17) is 5.11 Å². The molecule has 0 spiro atoms. The Morgan fingerprint density at radius 3 is 2.60 bits per heavy atom. The minimum Gasteiger partial charge on any atom is -0.481 e. The molecule has 1 saturated heterocycles. The molecule has 0 radical (unpaired) electrons. The molecule has 0 aromatic heterocycles. The largest absolute Gasteiger partial charge is 0.481 e. The molecule has 1 aliphatic heterocycles. The standard InChI is InChI=1S/C15H18N2O3/c18-14(12-9-13(12)15(19)20)16-10-4-3-5-11(8-10)17-6-1-2-7-17/h3-5,8,12-13H,1-2,6-7,9H2,(H,16,18)(H,19,20). The summed E-state index contributed by atoms with van der Waals surface area (Å²) in [6, 6.07) is 7.76. The van der Waals surface area contributed by atoms with Gasteiger partial charge >= 0.3 is 5.97 Å². The van der Waals surface area contributed by atoms with Gasteiger partial charge in [-0.2, -0.15) is 0 Å². The number of anilines is 2. The molecule has 1 aliphatic carbocycles. The fourth-order valence-corrected chi connectivity index (χ4v) is 2.75. The summed E-state index contributed by atoms with van der Waals surface area (Å²) in [6.07, 6.45) is 2.87. The van der Waals surface area contributed by atoms with E-state index in [1.165, 1.54) is 12.8 Å². The van der Waals surface area contributed by atoms with Crippen LogP contribution in [0.3, 0.4) is 0 Å². The molecule has 5 heteroatoms. The second kappa shape index (κ2) is 5.15. The third-order valence-electron chi connectivity index (χ3n) is 4.03. The Kier molecular flexibility index (Phi) is 3.34. The summed E-state index contributed by atoms with van der Waals surface area (Å²) < 4.78 is 0. The van der Waals surface area contributed by atoms with Crippen LogP contribution in [0.15, 0.2) is 24.3 Å². The maximum Gasteiger partial charge on any atom is 0.307 e. The minimum absolute atomic E-state index is 0.184. The summed E-state index contributed by atoms with van der Waals surface area (Å²) >= 11 is 0. The van der Waals surface area contributed by atoms with E-state index >= 15 is 0 Å². The van der Waals surface area contributed by atoms with Gasteiger partial charge in [-0.25, -0.2) is 0 Å². The van der Waals surface area contributed by atoms with Crippen LogP contribution < -0.4 is 10.2 Å². The SMILES string of the molecule is O=C(O)C1CC1C(=O)Nc1cccc(N2CCCC2)c1. The maximum atomic E-state index is 11.9. The zero-order chi connectivity index (χ0) is 14.1. The first-order chi connectivity index (χ1) is 9.65. The molecule has 1 aromatic rings. The van der Waals surface area contributed by atoms with Crippen LogP contribution in [0.25, 0.3) is 0 Å².